The van der Waals surface area contributed by atoms with Gasteiger partial charge in [0, 0.05) is 18.3 Å². The topological polar surface area (TPSA) is 169 Å². The van der Waals surface area contributed by atoms with Gasteiger partial charge in [-0.3, -0.25) is 0 Å². The molecular formula is C21H28N6O7S. The number of ether oxygens (including phenoxy) is 3. The Morgan fingerprint density at radius 3 is 2.66 bits per heavy atom. The maximum atomic E-state index is 12.3. The van der Waals surface area contributed by atoms with Crippen LogP contribution in [-0.4, -0.2) is 65.2 Å². The highest BCUT2D eigenvalue weighted by atomic mass is 32.2. The maximum Gasteiger partial charge on any atom is 0.424 e. The number of anilines is 1. The lowest BCUT2D eigenvalue weighted by atomic mass is 10.1. The van der Waals surface area contributed by atoms with Crippen molar-refractivity contribution >= 4 is 33.2 Å². The summed E-state index contributed by atoms with van der Waals surface area (Å²) in [5.41, 5.74) is 6.25. The normalized spacial score (nSPS) is 25.8. The zero-order valence-corrected chi connectivity index (χ0v) is 20.8. The van der Waals surface area contributed by atoms with Gasteiger partial charge < -0.3 is 34.0 Å². The summed E-state index contributed by atoms with van der Waals surface area (Å²) in [6.45, 7) is 8.30. The molecule has 0 aliphatic carbocycles. The molecule has 0 bridgehead atoms. The van der Waals surface area contributed by atoms with E-state index in [-0.39, 0.29) is 12.4 Å². The van der Waals surface area contributed by atoms with Gasteiger partial charge in [0.15, 0.2) is 12.0 Å². The van der Waals surface area contributed by atoms with Gasteiger partial charge in [-0.25, -0.2) is 14.8 Å². The highest BCUT2D eigenvalue weighted by Gasteiger charge is 2.56. The van der Waals surface area contributed by atoms with Crippen molar-refractivity contribution in [3.63, 3.8) is 0 Å². The standard InChI is InChI=1S/C21H28N6O7S/c1-7-11-9-27(17-13(11)16(22)23-10-24-17)18-15-14(32-21(5,6)33-15)12(31-18)8-25-35(29,30)34-19(28)26-20(2,3)4/h1,9-10,12,14-15,18,25H,8H2,2-6H3,(H,26,28)(H2,22,23,24)/t12-,14-,15-,18-/m1/s1. The molecule has 0 saturated carbocycles. The van der Waals surface area contributed by atoms with E-state index in [1.807, 2.05) is 0 Å². The van der Waals surface area contributed by atoms with E-state index in [2.05, 4.69) is 30.1 Å². The first-order valence-electron chi connectivity index (χ1n) is 10.8. The van der Waals surface area contributed by atoms with Crippen LogP contribution in [0.5, 0.6) is 0 Å². The van der Waals surface area contributed by atoms with Gasteiger partial charge in [-0.1, -0.05) is 5.92 Å². The summed E-state index contributed by atoms with van der Waals surface area (Å²) in [6, 6.07) is 0. The van der Waals surface area contributed by atoms with Crippen molar-refractivity contribution < 1.29 is 31.6 Å². The molecule has 0 radical (unpaired) electrons. The minimum absolute atomic E-state index is 0.218. The molecule has 190 valence electrons. The van der Waals surface area contributed by atoms with E-state index in [9.17, 15) is 13.2 Å². The first-order valence-corrected chi connectivity index (χ1v) is 12.2. The molecule has 2 aromatic heterocycles. The van der Waals surface area contributed by atoms with Gasteiger partial charge in [-0.15, -0.1) is 6.42 Å². The number of hydrogen-bond donors (Lipinski definition) is 3. The number of hydrogen-bond acceptors (Lipinski definition) is 10. The van der Waals surface area contributed by atoms with E-state index in [1.54, 1.807) is 45.4 Å². The fraction of sp³-hybridized carbons (Fsp3) is 0.571. The van der Waals surface area contributed by atoms with Crippen LogP contribution in [0.25, 0.3) is 11.0 Å². The molecule has 1 amide bonds. The third-order valence-corrected chi connectivity index (χ3v) is 6.21. The molecule has 13 nitrogen and oxygen atoms in total. The Labute approximate surface area is 202 Å². The molecule has 0 unspecified atom stereocenters. The molecule has 2 aliphatic rings. The average molecular weight is 509 g/mol. The molecule has 4 atom stereocenters. The predicted molar refractivity (Wildman–Crippen MR) is 124 cm³/mol. The molecule has 4 N–H and O–H groups in total. The number of carbonyl (C=O) groups is 1. The fourth-order valence-corrected chi connectivity index (χ4v) is 4.77. The van der Waals surface area contributed by atoms with E-state index in [1.165, 1.54) is 6.33 Å². The minimum Gasteiger partial charge on any atom is -0.383 e. The minimum atomic E-state index is -4.43. The summed E-state index contributed by atoms with van der Waals surface area (Å²) in [6.07, 6.45) is 4.69. The first-order chi connectivity index (χ1) is 16.2. The van der Waals surface area contributed by atoms with Crippen LogP contribution in [0.15, 0.2) is 12.5 Å². The van der Waals surface area contributed by atoms with Gasteiger partial charge >= 0.3 is 16.4 Å². The maximum absolute atomic E-state index is 12.3. The molecule has 2 fully saturated rings. The lowest BCUT2D eigenvalue weighted by Gasteiger charge is -2.25. The molecule has 4 rings (SSSR count). The smallest absolute Gasteiger partial charge is 0.383 e. The quantitative estimate of drug-likeness (QED) is 0.490. The number of nitrogen functional groups attached to an aromatic ring is 1. The monoisotopic (exact) mass is 508 g/mol. The van der Waals surface area contributed by atoms with E-state index in [4.69, 9.17) is 26.4 Å². The number of amides is 1. The van der Waals surface area contributed by atoms with Crippen LogP contribution in [0.4, 0.5) is 10.6 Å². The van der Waals surface area contributed by atoms with Crippen molar-refractivity contribution in [2.75, 3.05) is 12.3 Å². The summed E-state index contributed by atoms with van der Waals surface area (Å²) < 4.78 is 51.4. The summed E-state index contributed by atoms with van der Waals surface area (Å²) >= 11 is 0. The Morgan fingerprint density at radius 2 is 2.00 bits per heavy atom. The first kappa shape index (κ1) is 25.1. The van der Waals surface area contributed by atoms with Gasteiger partial charge in [0.2, 0.25) is 0 Å². The number of terminal acetylenes is 1. The van der Waals surface area contributed by atoms with Crippen LogP contribution in [0.3, 0.4) is 0 Å². The molecule has 2 aliphatic heterocycles. The molecule has 0 spiro atoms. The number of aromatic nitrogens is 3. The Balaban J connectivity index is 1.57. The summed E-state index contributed by atoms with van der Waals surface area (Å²) in [7, 11) is -4.43. The number of nitrogens with two attached hydrogens (primary N) is 1. The Kier molecular flexibility index (Phi) is 6.18. The van der Waals surface area contributed by atoms with Gasteiger partial charge in [-0.2, -0.15) is 13.1 Å². The lowest BCUT2D eigenvalue weighted by Crippen LogP contribution is -2.45. The zero-order chi connectivity index (χ0) is 25.8. The molecule has 2 aromatic rings. The number of rotatable bonds is 5. The fourth-order valence-electron chi connectivity index (χ4n) is 4.10. The van der Waals surface area contributed by atoms with Gasteiger partial charge in [0.25, 0.3) is 0 Å². The third kappa shape index (κ3) is 5.19. The largest absolute Gasteiger partial charge is 0.424 e. The van der Waals surface area contributed by atoms with Gasteiger partial charge in [0.05, 0.1) is 10.9 Å². The summed E-state index contributed by atoms with van der Waals surface area (Å²) in [5.74, 6) is 1.83. The number of carbonyl (C=O) groups excluding carboxylic acids is 1. The Hall–Kier alpha value is -2.96. The van der Waals surface area contributed by atoms with Crippen molar-refractivity contribution in [3.05, 3.63) is 18.1 Å². The highest BCUT2D eigenvalue weighted by molar-refractivity contribution is 7.85. The van der Waals surface area contributed by atoms with E-state index >= 15 is 0 Å². The van der Waals surface area contributed by atoms with Gasteiger partial charge in [-0.05, 0) is 34.6 Å². The van der Waals surface area contributed by atoms with E-state index < -0.39 is 52.3 Å². The van der Waals surface area contributed by atoms with Crippen LogP contribution in [-0.2, 0) is 28.7 Å². The number of fused-ring (bicyclic) bond motifs is 2. The molecule has 14 heteroatoms. The third-order valence-electron chi connectivity index (χ3n) is 5.32. The van der Waals surface area contributed by atoms with Crippen LogP contribution in [0, 0.1) is 12.3 Å². The summed E-state index contributed by atoms with van der Waals surface area (Å²) in [4.78, 5) is 20.2. The van der Waals surface area contributed by atoms with Gasteiger partial charge in [0.1, 0.15) is 36.1 Å². The summed E-state index contributed by atoms with van der Waals surface area (Å²) in [5, 5.41) is 2.91. The second kappa shape index (κ2) is 8.61. The Bertz CT molecular complexity index is 1290. The van der Waals surface area contributed by atoms with Crippen LogP contribution in [0.2, 0.25) is 0 Å². The average Bonchev–Trinajstić information content (AvgIpc) is 3.33. The number of nitrogens with one attached hydrogen (secondary N) is 2. The SMILES string of the molecule is C#Cc1cn([C@@H]2O[C@H](CNS(=O)(=O)OC(=O)NC(C)(C)C)[C@H]3OC(C)(C)O[C@H]32)c2ncnc(N)c12. The molecule has 4 heterocycles. The molecule has 2 saturated heterocycles. The van der Waals surface area contributed by atoms with Crippen molar-refractivity contribution in [2.24, 2.45) is 0 Å². The van der Waals surface area contributed by atoms with Crippen LogP contribution in [0.1, 0.15) is 46.4 Å². The van der Waals surface area contributed by atoms with E-state index in [0.29, 0.717) is 16.6 Å². The van der Waals surface area contributed by atoms with Crippen molar-refractivity contribution in [1.82, 2.24) is 24.6 Å². The lowest BCUT2D eigenvalue weighted by molar-refractivity contribution is -0.195. The number of nitrogens with zero attached hydrogens (tertiary/aromatic N) is 3. The van der Waals surface area contributed by atoms with E-state index in [0.717, 1.165) is 0 Å². The Morgan fingerprint density at radius 1 is 1.31 bits per heavy atom. The van der Waals surface area contributed by atoms with Crippen molar-refractivity contribution in [3.8, 4) is 12.3 Å². The molecular weight excluding hydrogens is 480 g/mol. The predicted octanol–water partition coefficient (Wildman–Crippen LogP) is 0.771. The molecule has 35 heavy (non-hydrogen) atoms. The highest BCUT2D eigenvalue weighted by Crippen LogP contribution is 2.44. The van der Waals surface area contributed by atoms with Crippen LogP contribution >= 0.6 is 0 Å². The van der Waals surface area contributed by atoms with Crippen molar-refractivity contribution in [1.29, 1.82) is 0 Å². The van der Waals surface area contributed by atoms with Crippen molar-refractivity contribution in [2.45, 2.75) is 70.5 Å². The zero-order valence-electron chi connectivity index (χ0n) is 19.9. The molecule has 0 aromatic carbocycles. The second-order valence-electron chi connectivity index (χ2n) is 9.73. The second-order valence-corrected chi connectivity index (χ2v) is 11.1. The van der Waals surface area contributed by atoms with Crippen LogP contribution < -0.4 is 15.8 Å².